The second-order valence-corrected chi connectivity index (χ2v) is 5.40. The normalized spacial score (nSPS) is 10.7. The lowest BCUT2D eigenvalue weighted by Crippen LogP contribution is -2.30. The minimum atomic E-state index is 0.841. The largest absolute Gasteiger partial charge is 0.497 e. The monoisotopic (exact) mass is 308 g/mol. The summed E-state index contributed by atoms with van der Waals surface area (Å²) in [6, 6.07) is 18.3. The van der Waals surface area contributed by atoms with Crippen molar-refractivity contribution in [2.24, 2.45) is 0 Å². The quantitative estimate of drug-likeness (QED) is 0.683. The highest BCUT2D eigenvalue weighted by Gasteiger charge is 2.12. The summed E-state index contributed by atoms with van der Waals surface area (Å²) < 4.78 is 13.9. The Kier molecular flexibility index (Phi) is 4.47. The molecule has 0 aliphatic heterocycles. The first-order valence-corrected chi connectivity index (χ1v) is 8.02. The summed E-state index contributed by atoms with van der Waals surface area (Å²) >= 11 is 0. The number of fused-ring (bicyclic) bond motifs is 1. The summed E-state index contributed by atoms with van der Waals surface area (Å²) in [6.07, 6.45) is 0. The van der Waals surface area contributed by atoms with Gasteiger partial charge in [-0.3, -0.25) is 0 Å². The number of methoxy groups -OCH3 is 1. The first-order chi connectivity index (χ1) is 11.3. The van der Waals surface area contributed by atoms with Crippen molar-refractivity contribution in [1.29, 1.82) is 0 Å². The molecule has 3 rings (SSSR count). The van der Waals surface area contributed by atoms with Crippen LogP contribution in [-0.4, -0.2) is 20.2 Å². The van der Waals surface area contributed by atoms with Crippen molar-refractivity contribution in [3.8, 4) is 17.1 Å². The molecule has 0 saturated heterocycles. The average molecular weight is 308 g/mol. The van der Waals surface area contributed by atoms with Crippen molar-refractivity contribution in [3.05, 3.63) is 60.0 Å². The molecule has 0 unspecified atom stereocenters. The van der Waals surface area contributed by atoms with E-state index in [0.29, 0.717) is 0 Å². The van der Waals surface area contributed by atoms with Gasteiger partial charge in [0.15, 0.2) is 0 Å². The van der Waals surface area contributed by atoms with Gasteiger partial charge in [0.25, 0.3) is 0 Å². The second kappa shape index (κ2) is 6.69. The molecule has 1 heterocycles. The van der Waals surface area contributed by atoms with Gasteiger partial charge in [-0.25, -0.2) is 4.58 Å². The minimum absolute atomic E-state index is 0.841. The van der Waals surface area contributed by atoms with Crippen molar-refractivity contribution in [3.63, 3.8) is 0 Å². The van der Waals surface area contributed by atoms with Crippen molar-refractivity contribution in [2.75, 3.05) is 20.2 Å². The Morgan fingerprint density at radius 3 is 2.35 bits per heavy atom. The van der Waals surface area contributed by atoms with E-state index in [2.05, 4.69) is 36.6 Å². The number of nitrogens with zero attached hydrogens (tertiary/aromatic N) is 1. The Labute approximate surface area is 136 Å². The number of ether oxygens (including phenoxy) is 1. The Morgan fingerprint density at radius 2 is 1.70 bits per heavy atom. The van der Waals surface area contributed by atoms with Gasteiger partial charge in [-0.05, 0) is 32.0 Å². The van der Waals surface area contributed by atoms with Crippen LogP contribution in [0.5, 0.6) is 5.75 Å². The lowest BCUT2D eigenvalue weighted by atomic mass is 10.1. The average Bonchev–Trinajstić information content (AvgIpc) is 2.62. The maximum atomic E-state index is 6.14. The predicted octanol–water partition coefficient (Wildman–Crippen LogP) is 3.92. The van der Waals surface area contributed by atoms with Crippen LogP contribution in [0.1, 0.15) is 13.8 Å². The highest BCUT2D eigenvalue weighted by molar-refractivity contribution is 5.80. The highest BCUT2D eigenvalue weighted by atomic mass is 16.5. The van der Waals surface area contributed by atoms with Gasteiger partial charge in [-0.15, -0.1) is 0 Å². The van der Waals surface area contributed by atoms with E-state index >= 15 is 0 Å². The molecule has 3 heteroatoms. The summed E-state index contributed by atoms with van der Waals surface area (Å²) in [4.78, 5) is 0. The van der Waals surface area contributed by atoms with E-state index in [9.17, 15) is 0 Å². The smallest absolute Gasteiger partial charge is 0.214 e. The summed E-state index contributed by atoms with van der Waals surface area (Å²) in [5.74, 6) is 1.72. The fraction of sp³-hybridized carbons (Fsp3) is 0.250. The molecule has 0 atom stereocenters. The third kappa shape index (κ3) is 3.00. The van der Waals surface area contributed by atoms with Crippen molar-refractivity contribution in [2.45, 2.75) is 13.8 Å². The van der Waals surface area contributed by atoms with Crippen molar-refractivity contribution >= 4 is 11.0 Å². The Morgan fingerprint density at radius 1 is 0.957 bits per heavy atom. The van der Waals surface area contributed by atoms with E-state index in [1.54, 1.807) is 7.11 Å². The summed E-state index contributed by atoms with van der Waals surface area (Å²) in [5, 5.41) is 2.25. The molecule has 3 aromatic rings. The molecule has 0 amide bonds. The SMILES string of the molecule is CC[N+](CC)=c1cc(-c2ccccc2)oc2ccc(OC)cc12. The van der Waals surface area contributed by atoms with Crippen LogP contribution >= 0.6 is 0 Å². The number of rotatable bonds is 4. The molecular weight excluding hydrogens is 286 g/mol. The second-order valence-electron chi connectivity index (χ2n) is 5.40. The first-order valence-electron chi connectivity index (χ1n) is 8.02. The fourth-order valence-electron chi connectivity index (χ4n) is 2.85. The summed E-state index contributed by atoms with van der Waals surface area (Å²) in [7, 11) is 1.69. The van der Waals surface area contributed by atoms with E-state index in [-0.39, 0.29) is 0 Å². The van der Waals surface area contributed by atoms with Gasteiger partial charge in [-0.2, -0.15) is 0 Å². The van der Waals surface area contributed by atoms with Crippen LogP contribution in [0, 0.1) is 0 Å². The molecule has 118 valence electrons. The Balaban J connectivity index is 2.38. The molecule has 3 nitrogen and oxygen atoms in total. The van der Waals surface area contributed by atoms with Crippen LogP contribution in [0.15, 0.2) is 59.0 Å². The fourth-order valence-corrected chi connectivity index (χ4v) is 2.85. The number of hydrogen-bond donors (Lipinski definition) is 0. The molecule has 23 heavy (non-hydrogen) atoms. The maximum absolute atomic E-state index is 6.14. The first kappa shape index (κ1) is 15.3. The van der Waals surface area contributed by atoms with Gasteiger partial charge in [-0.1, -0.05) is 30.3 Å². The van der Waals surface area contributed by atoms with E-state index in [4.69, 9.17) is 9.15 Å². The zero-order chi connectivity index (χ0) is 16.2. The summed E-state index contributed by atoms with van der Waals surface area (Å²) in [6.45, 7) is 6.23. The topological polar surface area (TPSA) is 25.4 Å². The van der Waals surface area contributed by atoms with E-state index in [1.165, 1.54) is 5.36 Å². The van der Waals surface area contributed by atoms with Crippen LogP contribution in [0.2, 0.25) is 0 Å². The Bertz CT molecular complexity index is 873. The number of benzene rings is 2. The molecule has 0 fully saturated rings. The summed E-state index contributed by atoms with van der Waals surface area (Å²) in [5.41, 5.74) is 1.95. The van der Waals surface area contributed by atoms with Crippen molar-refractivity contribution < 1.29 is 9.15 Å². The molecule has 0 bridgehead atoms. The van der Waals surface area contributed by atoms with Gasteiger partial charge in [0.05, 0.1) is 18.6 Å². The molecule has 0 saturated carbocycles. The lowest BCUT2D eigenvalue weighted by Gasteiger charge is -2.07. The van der Waals surface area contributed by atoms with Crippen LogP contribution < -0.4 is 14.7 Å². The van der Waals surface area contributed by atoms with Crippen LogP contribution in [0.4, 0.5) is 0 Å². The third-order valence-electron chi connectivity index (χ3n) is 4.11. The number of hydrogen-bond acceptors (Lipinski definition) is 2. The van der Waals surface area contributed by atoms with Crippen LogP contribution in [-0.2, 0) is 0 Å². The van der Waals surface area contributed by atoms with E-state index in [0.717, 1.165) is 41.1 Å². The molecule has 1 aromatic heterocycles. The van der Waals surface area contributed by atoms with E-state index < -0.39 is 0 Å². The third-order valence-corrected chi connectivity index (χ3v) is 4.11. The lowest BCUT2D eigenvalue weighted by molar-refractivity contribution is 0.415. The molecule has 0 aliphatic rings. The van der Waals surface area contributed by atoms with Crippen LogP contribution in [0.3, 0.4) is 0 Å². The molecule has 0 aliphatic carbocycles. The highest BCUT2D eigenvalue weighted by Crippen LogP contribution is 2.24. The van der Waals surface area contributed by atoms with Crippen LogP contribution in [0.25, 0.3) is 22.3 Å². The van der Waals surface area contributed by atoms with Crippen molar-refractivity contribution in [1.82, 2.24) is 4.58 Å². The molecule has 0 spiro atoms. The molecule has 0 radical (unpaired) electrons. The molecule has 0 N–H and O–H groups in total. The maximum Gasteiger partial charge on any atom is 0.214 e. The zero-order valence-electron chi connectivity index (χ0n) is 13.9. The van der Waals surface area contributed by atoms with Gasteiger partial charge in [0.1, 0.15) is 30.2 Å². The molecular formula is C20H22NO2+. The van der Waals surface area contributed by atoms with Gasteiger partial charge in [0, 0.05) is 5.56 Å². The van der Waals surface area contributed by atoms with Gasteiger partial charge in [0.2, 0.25) is 5.36 Å². The molecule has 2 aromatic carbocycles. The predicted molar refractivity (Wildman–Crippen MR) is 94.6 cm³/mol. The Hall–Kier alpha value is -2.55. The minimum Gasteiger partial charge on any atom is -0.497 e. The van der Waals surface area contributed by atoms with Gasteiger partial charge >= 0.3 is 0 Å². The standard InChI is InChI=1S/C20H22NO2/c1-4-21(5-2)18-14-20(15-9-7-6-8-10-15)23-19-12-11-16(22-3)13-17(18)19/h6-14H,4-5H2,1-3H3/q+1. The zero-order valence-corrected chi connectivity index (χ0v) is 13.9. The van der Waals surface area contributed by atoms with Gasteiger partial charge < -0.3 is 9.15 Å². The van der Waals surface area contributed by atoms with E-state index in [1.807, 2.05) is 36.4 Å².